The number of aromatic hydroxyl groups is 1. The number of carbonyl (C=O) groups excluding carboxylic acids is 7. The van der Waals surface area contributed by atoms with Gasteiger partial charge in [-0.2, -0.15) is 5.10 Å². The number of esters is 1. The van der Waals surface area contributed by atoms with Crippen LogP contribution in [0.2, 0.25) is 0 Å². The molecule has 1 saturated carbocycles. The Hall–Kier alpha value is -10.8. The fraction of sp³-hybridized carbons (Fsp3) is 0.587. The van der Waals surface area contributed by atoms with Gasteiger partial charge in [-0.1, -0.05) is 69.4 Å². The minimum absolute atomic E-state index is 0.00640. The number of nitrogens with two attached hydrogens (primary N) is 2. The van der Waals surface area contributed by atoms with E-state index in [0.29, 0.717) is 188 Å². The van der Waals surface area contributed by atoms with Crippen molar-refractivity contribution in [2.45, 2.75) is 205 Å². The number of ether oxygens (including phenoxy) is 8. The molecule has 10 heterocycles. The number of piperidine rings is 1. The molecule has 3 amide bonds. The van der Waals surface area contributed by atoms with Crippen molar-refractivity contribution >= 4 is 80.7 Å². The van der Waals surface area contributed by atoms with Crippen molar-refractivity contribution in [1.82, 2.24) is 75.2 Å². The molecule has 4 fully saturated rings. The standard InChI is InChI=1S/C92H127N19O19/c1-56-16-10-9-11-17-57(2)75(123-7)48-67-22-19-61(6)92(122,130-67)84(118)88(120)109-28-14-12-18-73(109)89(121)129-76(49-74(113)58(3)43-60(5)82(116)83(117)81(115)59(4)42-56)68(93)44-62-20-24-72(77(45-62)124-8)111-54-71(104-106-111)64-50-97-90(98-51-64)107-30-32-108(33-31-107)91-99-52-65(53-100-91)87(119)96-27-35-126-37-39-128-41-40-127-38-36-125-34-25-78(114)95-26-13-15-29-110-86-79(85(94)101-55-102-86)80(105-110)70-47-63-46-66(112)21-23-69(63)103-70/h9-11,16-17,21,23,43,46-47,50-56,58-59,61-62,67-68,72-73,75-77,82-83,103,112,116-117,122H,12-15,18-20,22,24-42,44-45,48-49,93H2,1-8H3,(H,95,114)(H,96,119)(H2,94,101,102)/b11-9+,16-10+,57-17+,60-43+/t56-,58-,59-,61-,62+,67+,68-,72+,73+,75+,76+,77-,82-,83+,92-/m1/s1. The molecule has 1 aliphatic carbocycles. The Kier molecular flexibility index (Phi) is 35.8. The number of cyclic esters (lactones) is 1. The lowest BCUT2D eigenvalue weighted by molar-refractivity contribution is -0.265. The topological polar surface area (TPSA) is 502 Å². The number of benzene rings is 1. The van der Waals surface area contributed by atoms with Crippen LogP contribution in [0.3, 0.4) is 0 Å². The fourth-order valence-electron chi connectivity index (χ4n) is 17.5. The van der Waals surface area contributed by atoms with E-state index in [9.17, 15) is 54.0 Å². The quantitative estimate of drug-likeness (QED) is 0.00953. The van der Waals surface area contributed by atoms with Gasteiger partial charge in [-0.3, -0.25) is 28.8 Å². The number of piperazine rings is 1. The molecule has 12 rings (SSSR count). The van der Waals surface area contributed by atoms with Crippen molar-refractivity contribution in [3.8, 4) is 28.4 Å². The van der Waals surface area contributed by atoms with Gasteiger partial charge in [0.15, 0.2) is 11.4 Å². The number of carbonyl (C=O) groups is 7. The monoisotopic (exact) mass is 1800 g/mol. The Morgan fingerprint density at radius 1 is 0.738 bits per heavy atom. The number of phenolic OH excluding ortho intramolecular Hbond substituents is 1. The van der Waals surface area contributed by atoms with Gasteiger partial charge in [-0.25, -0.2) is 44.1 Å². The number of unbranched alkanes of at least 4 members (excludes halogenated alkanes) is 1. The average molecular weight is 1800 g/mol. The first kappa shape index (κ1) is 98.3. The molecule has 2 bridgehead atoms. The van der Waals surface area contributed by atoms with Crippen molar-refractivity contribution < 1.29 is 91.9 Å². The summed E-state index contributed by atoms with van der Waals surface area (Å²) < 4.78 is 50.6. The van der Waals surface area contributed by atoms with Crippen LogP contribution in [0, 0.1) is 29.6 Å². The number of nitrogens with one attached hydrogen (secondary N) is 3. The molecular formula is C92H127N19O19. The third-order valence-electron chi connectivity index (χ3n) is 25.2. The smallest absolute Gasteiger partial charge is 0.329 e. The van der Waals surface area contributed by atoms with Crippen LogP contribution in [0.25, 0.3) is 44.6 Å². The van der Waals surface area contributed by atoms with E-state index >= 15 is 0 Å². The van der Waals surface area contributed by atoms with Crippen molar-refractivity contribution in [2.24, 2.45) is 35.3 Å². The lowest BCUT2D eigenvalue weighted by Crippen LogP contribution is -2.61. The SMILES string of the molecule is CO[C@H]1C[C@@H]2CC[C@@H](C)[C@@](O)(O2)C(=O)C(=O)N2CCCC[C@H]2C(=O)O[C@H]([C@H](N)C[C@@H]2CC[C@H](n3cc(-c4cnc(N5CCN(c6ncc(C(=O)NCCOCCOCCOCCOCCC(=O)NCCCCn7nc(-c8cc9cc(O)ccc9[nH]8)c8c(N)ncnc87)cn6)CC5)nc4)nn3)[C@H](OC)C2)CC(=O)[C@H](C)/C=C(\C)[C@@H](O)[C@@H](O)C(=O)[C@H](C)C[C@H](C)/C=C/C=C/C=C/1C. The Labute approximate surface area is 756 Å². The Morgan fingerprint density at radius 3 is 2.15 bits per heavy atom. The number of Topliss-reactive ketones (excluding diaryl/α,β-unsaturated/α-hetero) is 3. The zero-order chi connectivity index (χ0) is 92.5. The number of nitrogen functional groups attached to an aromatic ring is 1. The van der Waals surface area contributed by atoms with Gasteiger partial charge in [0.2, 0.25) is 23.6 Å². The summed E-state index contributed by atoms with van der Waals surface area (Å²) in [5, 5.41) is 65.9. The second-order valence-corrected chi connectivity index (χ2v) is 34.7. The third kappa shape index (κ3) is 25.9. The predicted molar refractivity (Wildman–Crippen MR) is 481 cm³/mol. The van der Waals surface area contributed by atoms with Crippen LogP contribution in [0.1, 0.15) is 154 Å². The van der Waals surface area contributed by atoms with E-state index in [-0.39, 0.29) is 106 Å². The van der Waals surface area contributed by atoms with E-state index in [1.54, 1.807) is 74.9 Å². The molecule has 1 aromatic carbocycles. The second kappa shape index (κ2) is 47.3. The zero-order valence-electron chi connectivity index (χ0n) is 75.6. The molecule has 38 nitrogen and oxygen atoms in total. The highest BCUT2D eigenvalue weighted by atomic mass is 16.6. The van der Waals surface area contributed by atoms with Crippen LogP contribution in [0.15, 0.2) is 109 Å². The first-order valence-electron chi connectivity index (χ1n) is 45.3. The number of fused-ring (bicyclic) bond motifs is 5. The van der Waals surface area contributed by atoms with Crippen molar-refractivity contribution in [3.05, 3.63) is 115 Å². The van der Waals surface area contributed by atoms with Gasteiger partial charge < -0.3 is 100 Å². The number of amides is 3. The van der Waals surface area contributed by atoms with Crippen molar-refractivity contribution in [3.63, 3.8) is 0 Å². The lowest BCUT2D eigenvalue weighted by Gasteiger charge is -2.42. The summed E-state index contributed by atoms with van der Waals surface area (Å²) in [4.78, 5) is 133. The number of aliphatic hydroxyl groups is 3. The predicted octanol–water partition coefficient (Wildman–Crippen LogP) is 6.62. The molecule has 11 N–H and O–H groups in total. The maximum atomic E-state index is 14.8. The summed E-state index contributed by atoms with van der Waals surface area (Å²) in [5.41, 5.74) is 18.8. The van der Waals surface area contributed by atoms with Gasteiger partial charge in [0.05, 0.1) is 100 Å². The number of allylic oxidation sites excluding steroid dienone is 6. The number of nitrogens with zero attached hydrogens (tertiary/aromatic N) is 14. The van der Waals surface area contributed by atoms with Crippen molar-refractivity contribution in [2.75, 3.05) is 128 Å². The number of methoxy groups -OCH3 is 2. The molecule has 0 unspecified atom stereocenters. The van der Waals surface area contributed by atoms with Crippen LogP contribution in [-0.2, 0) is 73.2 Å². The van der Waals surface area contributed by atoms with E-state index in [0.717, 1.165) is 33.5 Å². The summed E-state index contributed by atoms with van der Waals surface area (Å²) in [6.45, 7) is 16.5. The molecule has 6 aromatic heterocycles. The van der Waals surface area contributed by atoms with Gasteiger partial charge in [-0.15, -0.1) is 5.10 Å². The third-order valence-corrected chi connectivity index (χ3v) is 25.2. The number of aromatic amines is 1. The first-order chi connectivity index (χ1) is 62.7. The largest absolute Gasteiger partial charge is 0.508 e. The van der Waals surface area contributed by atoms with Crippen LogP contribution >= 0.6 is 0 Å². The van der Waals surface area contributed by atoms with Gasteiger partial charge in [0.25, 0.3) is 17.6 Å². The number of aryl methyl sites for hydroxylation is 1. The fourth-order valence-corrected chi connectivity index (χ4v) is 17.5. The van der Waals surface area contributed by atoms with E-state index < -0.39 is 95.4 Å². The maximum absolute atomic E-state index is 14.8. The van der Waals surface area contributed by atoms with Gasteiger partial charge in [0.1, 0.15) is 59.4 Å². The van der Waals surface area contributed by atoms with Crippen LogP contribution in [0.5, 0.6) is 5.75 Å². The number of rotatable bonds is 31. The number of hydrogen-bond acceptors (Lipinski definition) is 32. The highest BCUT2D eigenvalue weighted by Gasteiger charge is 2.53. The minimum atomic E-state index is -2.51. The molecule has 3 saturated heterocycles. The van der Waals surface area contributed by atoms with Crippen LogP contribution in [0.4, 0.5) is 17.7 Å². The minimum Gasteiger partial charge on any atom is -0.508 e. The number of ketones is 3. The molecule has 38 heteroatoms. The molecule has 0 radical (unpaired) electrons. The number of hydrogen-bond donors (Lipinski definition) is 9. The Bertz CT molecular complexity index is 5070. The first-order valence-corrected chi connectivity index (χ1v) is 45.3. The normalized spacial score (nSPS) is 26.8. The highest BCUT2D eigenvalue weighted by Crippen LogP contribution is 2.41. The van der Waals surface area contributed by atoms with E-state index in [1.165, 1.54) is 31.7 Å². The molecule has 5 aliphatic rings. The molecule has 7 aromatic rings. The summed E-state index contributed by atoms with van der Waals surface area (Å²) in [5.74, 6) is -8.09. The van der Waals surface area contributed by atoms with Gasteiger partial charge >= 0.3 is 5.97 Å². The van der Waals surface area contributed by atoms with Crippen LogP contribution in [-0.4, -0.2) is 293 Å². The molecule has 15 atom stereocenters. The summed E-state index contributed by atoms with van der Waals surface area (Å²) in [6.07, 6.45) is 20.2. The van der Waals surface area contributed by atoms with Crippen LogP contribution < -0.4 is 31.9 Å². The maximum Gasteiger partial charge on any atom is 0.329 e. The van der Waals surface area contributed by atoms with Gasteiger partial charge in [0, 0.05) is 151 Å². The number of phenols is 1. The second-order valence-electron chi connectivity index (χ2n) is 34.7. The lowest BCUT2D eigenvalue weighted by atomic mass is 9.79. The molecule has 0 spiro atoms. The van der Waals surface area contributed by atoms with Gasteiger partial charge in [-0.05, 0) is 138 Å². The number of H-pyrrole nitrogens is 1. The van der Waals surface area contributed by atoms with E-state index in [2.05, 4.69) is 50.8 Å². The Morgan fingerprint density at radius 2 is 1.44 bits per heavy atom. The number of aromatic nitrogens is 12. The number of aliphatic hydroxyl groups excluding tert-OH is 2. The molecular weight excluding hydrogens is 1680 g/mol. The number of anilines is 3. The zero-order valence-corrected chi connectivity index (χ0v) is 75.6. The summed E-state index contributed by atoms with van der Waals surface area (Å²) in [7, 11) is 3.17. The summed E-state index contributed by atoms with van der Waals surface area (Å²) in [6, 6.07) is 4.54. The van der Waals surface area contributed by atoms with E-state index in [1.807, 2.05) is 61.4 Å². The molecule has 704 valence electrons. The van der Waals surface area contributed by atoms with Crippen molar-refractivity contribution in [1.29, 1.82) is 0 Å². The summed E-state index contributed by atoms with van der Waals surface area (Å²) >= 11 is 0. The molecule has 4 aliphatic heterocycles. The highest BCUT2D eigenvalue weighted by molar-refractivity contribution is 6.39. The Balaban J connectivity index is 0.543. The van der Waals surface area contributed by atoms with E-state index in [4.69, 9.17) is 64.4 Å². The molecule has 130 heavy (non-hydrogen) atoms. The average Bonchev–Trinajstić information content (AvgIpc) is 1.33.